The molecule has 0 spiro atoms. The van der Waals surface area contributed by atoms with Gasteiger partial charge >= 0.3 is 0 Å². The fourth-order valence-corrected chi connectivity index (χ4v) is 2.67. The molecule has 1 aromatic carbocycles. The van der Waals surface area contributed by atoms with Gasteiger partial charge in [-0.2, -0.15) is 4.52 Å². The Morgan fingerprint density at radius 3 is 2.50 bits per heavy atom. The van der Waals surface area contributed by atoms with Crippen LogP contribution in [0, 0.1) is 12.8 Å². The molecule has 0 saturated heterocycles. The number of benzene rings is 1. The molecule has 0 bridgehead atoms. The standard InChI is InChI=1S/C20H27N5O/c1-14(2)12-26-17-8-6-16(7-9-17)20(4,5)13-21-18-10-11-19-23-22-15(3)25(19)24-18/h6-11,14H,12-13H2,1-5H3,(H,21,24). The number of ether oxygens (including phenoxy) is 1. The molecule has 2 aromatic heterocycles. The van der Waals surface area contributed by atoms with Gasteiger partial charge in [-0.1, -0.05) is 39.8 Å². The van der Waals surface area contributed by atoms with E-state index in [0.717, 1.165) is 36.2 Å². The SMILES string of the molecule is Cc1nnc2ccc(NCC(C)(C)c3ccc(OCC(C)C)cc3)nn12. The van der Waals surface area contributed by atoms with E-state index in [1.54, 1.807) is 4.52 Å². The maximum absolute atomic E-state index is 5.77. The van der Waals surface area contributed by atoms with Gasteiger partial charge in [0.25, 0.3) is 0 Å². The van der Waals surface area contributed by atoms with E-state index in [4.69, 9.17) is 4.74 Å². The van der Waals surface area contributed by atoms with Gasteiger partial charge in [-0.05, 0) is 42.7 Å². The lowest BCUT2D eigenvalue weighted by molar-refractivity contribution is 0.271. The third-order valence-electron chi connectivity index (χ3n) is 4.35. The van der Waals surface area contributed by atoms with Crippen LogP contribution in [0.25, 0.3) is 5.65 Å². The zero-order valence-corrected chi connectivity index (χ0v) is 16.2. The van der Waals surface area contributed by atoms with Crippen molar-refractivity contribution in [3.05, 3.63) is 47.8 Å². The minimum absolute atomic E-state index is 0.0462. The molecule has 2 heterocycles. The number of hydrogen-bond acceptors (Lipinski definition) is 5. The average molecular weight is 353 g/mol. The van der Waals surface area contributed by atoms with Crippen molar-refractivity contribution in [1.29, 1.82) is 0 Å². The lowest BCUT2D eigenvalue weighted by atomic mass is 9.84. The molecule has 0 atom stereocenters. The Balaban J connectivity index is 1.66. The van der Waals surface area contributed by atoms with Crippen LogP contribution in [0.2, 0.25) is 0 Å². The second kappa shape index (κ2) is 7.32. The summed E-state index contributed by atoms with van der Waals surface area (Å²) in [6.45, 7) is 12.1. The van der Waals surface area contributed by atoms with Crippen molar-refractivity contribution in [2.24, 2.45) is 5.92 Å². The summed E-state index contributed by atoms with van der Waals surface area (Å²) in [7, 11) is 0. The lowest BCUT2D eigenvalue weighted by Crippen LogP contribution is -2.28. The Morgan fingerprint density at radius 1 is 1.08 bits per heavy atom. The van der Waals surface area contributed by atoms with Crippen molar-refractivity contribution in [3.63, 3.8) is 0 Å². The molecule has 3 rings (SSSR count). The molecule has 0 unspecified atom stereocenters. The van der Waals surface area contributed by atoms with Crippen LogP contribution in [0.15, 0.2) is 36.4 Å². The van der Waals surface area contributed by atoms with Crippen molar-refractivity contribution in [2.75, 3.05) is 18.5 Å². The van der Waals surface area contributed by atoms with E-state index < -0.39 is 0 Å². The van der Waals surface area contributed by atoms with Crippen LogP contribution in [0.1, 0.15) is 39.1 Å². The fraction of sp³-hybridized carbons (Fsp3) is 0.450. The van der Waals surface area contributed by atoms with E-state index in [0.29, 0.717) is 5.92 Å². The van der Waals surface area contributed by atoms with Gasteiger partial charge < -0.3 is 10.1 Å². The summed E-state index contributed by atoms with van der Waals surface area (Å²) >= 11 is 0. The Hall–Kier alpha value is -2.63. The third kappa shape index (κ3) is 4.12. The van der Waals surface area contributed by atoms with Crippen molar-refractivity contribution in [1.82, 2.24) is 19.8 Å². The maximum Gasteiger partial charge on any atom is 0.178 e. The number of nitrogens with zero attached hydrogens (tertiary/aromatic N) is 4. The minimum atomic E-state index is -0.0462. The number of rotatable bonds is 7. The smallest absolute Gasteiger partial charge is 0.178 e. The van der Waals surface area contributed by atoms with Crippen molar-refractivity contribution >= 4 is 11.5 Å². The molecule has 0 aliphatic carbocycles. The molecule has 0 radical (unpaired) electrons. The Bertz CT molecular complexity index is 868. The number of fused-ring (bicyclic) bond motifs is 1. The first-order valence-electron chi connectivity index (χ1n) is 9.01. The van der Waals surface area contributed by atoms with Crippen LogP contribution < -0.4 is 10.1 Å². The van der Waals surface area contributed by atoms with Gasteiger partial charge in [0.1, 0.15) is 11.6 Å². The first-order chi connectivity index (χ1) is 12.3. The highest BCUT2D eigenvalue weighted by molar-refractivity contribution is 5.44. The first-order valence-corrected chi connectivity index (χ1v) is 9.01. The van der Waals surface area contributed by atoms with Gasteiger partial charge in [0.2, 0.25) is 0 Å². The molecule has 3 aromatic rings. The Kier molecular flexibility index (Phi) is 5.11. The van der Waals surface area contributed by atoms with Gasteiger partial charge in [0.05, 0.1) is 6.61 Å². The van der Waals surface area contributed by atoms with Gasteiger partial charge in [-0.15, -0.1) is 15.3 Å². The molecule has 0 amide bonds. The second-order valence-corrected chi connectivity index (χ2v) is 7.70. The zero-order valence-electron chi connectivity index (χ0n) is 16.2. The van der Waals surface area contributed by atoms with Crippen LogP contribution in [0.5, 0.6) is 5.75 Å². The highest BCUT2D eigenvalue weighted by atomic mass is 16.5. The fourth-order valence-electron chi connectivity index (χ4n) is 2.67. The second-order valence-electron chi connectivity index (χ2n) is 7.70. The molecule has 0 aliphatic heterocycles. The van der Waals surface area contributed by atoms with E-state index >= 15 is 0 Å². The quantitative estimate of drug-likeness (QED) is 0.699. The molecule has 26 heavy (non-hydrogen) atoms. The molecule has 138 valence electrons. The topological polar surface area (TPSA) is 64.3 Å². The summed E-state index contributed by atoms with van der Waals surface area (Å²) < 4.78 is 7.51. The van der Waals surface area contributed by atoms with Crippen LogP contribution in [0.4, 0.5) is 5.82 Å². The number of anilines is 1. The molecule has 0 aliphatic rings. The number of nitrogens with one attached hydrogen (secondary N) is 1. The third-order valence-corrected chi connectivity index (χ3v) is 4.35. The predicted molar refractivity (Wildman–Crippen MR) is 104 cm³/mol. The van der Waals surface area contributed by atoms with Crippen molar-refractivity contribution in [2.45, 2.75) is 40.0 Å². The highest BCUT2D eigenvalue weighted by Gasteiger charge is 2.21. The molecular formula is C20H27N5O. The highest BCUT2D eigenvalue weighted by Crippen LogP contribution is 2.26. The van der Waals surface area contributed by atoms with Crippen LogP contribution >= 0.6 is 0 Å². The molecule has 6 heteroatoms. The summed E-state index contributed by atoms with van der Waals surface area (Å²) in [5.41, 5.74) is 1.96. The monoisotopic (exact) mass is 353 g/mol. The van der Waals surface area contributed by atoms with Gasteiger partial charge in [0.15, 0.2) is 11.5 Å². The minimum Gasteiger partial charge on any atom is -0.493 e. The van der Waals surface area contributed by atoms with E-state index in [1.807, 2.05) is 31.2 Å². The number of aryl methyl sites for hydroxylation is 1. The van der Waals surface area contributed by atoms with Gasteiger partial charge in [-0.25, -0.2) is 0 Å². The summed E-state index contributed by atoms with van der Waals surface area (Å²) in [6, 6.07) is 12.2. The van der Waals surface area contributed by atoms with Crippen LogP contribution in [-0.4, -0.2) is 33.0 Å². The normalized spacial score (nSPS) is 11.9. The molecule has 0 fully saturated rings. The van der Waals surface area contributed by atoms with E-state index in [9.17, 15) is 0 Å². The summed E-state index contributed by atoms with van der Waals surface area (Å²) in [4.78, 5) is 0. The zero-order chi connectivity index (χ0) is 18.7. The van der Waals surface area contributed by atoms with E-state index in [1.165, 1.54) is 5.56 Å². The summed E-state index contributed by atoms with van der Waals surface area (Å²) in [6.07, 6.45) is 0. The molecular weight excluding hydrogens is 326 g/mol. The van der Waals surface area contributed by atoms with Gasteiger partial charge in [-0.3, -0.25) is 0 Å². The molecule has 6 nitrogen and oxygen atoms in total. The predicted octanol–water partition coefficient (Wildman–Crippen LogP) is 3.86. The molecule has 0 saturated carbocycles. The summed E-state index contributed by atoms with van der Waals surface area (Å²) in [5.74, 6) is 3.03. The summed E-state index contributed by atoms with van der Waals surface area (Å²) in [5, 5.41) is 16.1. The van der Waals surface area contributed by atoms with Crippen LogP contribution in [0.3, 0.4) is 0 Å². The Labute approximate surface area is 154 Å². The first kappa shape index (κ1) is 18.2. The van der Waals surface area contributed by atoms with Crippen molar-refractivity contribution < 1.29 is 4.74 Å². The lowest BCUT2D eigenvalue weighted by Gasteiger charge is -2.26. The number of aromatic nitrogens is 4. The van der Waals surface area contributed by atoms with Crippen molar-refractivity contribution in [3.8, 4) is 5.75 Å². The van der Waals surface area contributed by atoms with E-state index in [-0.39, 0.29) is 5.41 Å². The van der Waals surface area contributed by atoms with E-state index in [2.05, 4.69) is 60.4 Å². The van der Waals surface area contributed by atoms with Crippen LogP contribution in [-0.2, 0) is 5.41 Å². The number of hydrogen-bond donors (Lipinski definition) is 1. The van der Waals surface area contributed by atoms with Gasteiger partial charge in [0, 0.05) is 12.0 Å². The largest absolute Gasteiger partial charge is 0.493 e. The Morgan fingerprint density at radius 2 is 1.81 bits per heavy atom. The average Bonchev–Trinajstić information content (AvgIpc) is 2.99. The maximum atomic E-state index is 5.77. The molecule has 1 N–H and O–H groups in total.